The summed E-state index contributed by atoms with van der Waals surface area (Å²) in [7, 11) is 0. The lowest BCUT2D eigenvalue weighted by atomic mass is 9.95. The van der Waals surface area contributed by atoms with Crippen molar-refractivity contribution in [1.29, 1.82) is 0 Å². The topological polar surface area (TPSA) is 59.8 Å². The van der Waals surface area contributed by atoms with Crippen LogP contribution in [-0.2, 0) is 6.42 Å². The van der Waals surface area contributed by atoms with E-state index in [0.29, 0.717) is 5.69 Å². The summed E-state index contributed by atoms with van der Waals surface area (Å²) in [4.78, 5) is 12.2. The Morgan fingerprint density at radius 1 is 1.23 bits per heavy atom. The normalized spacial score (nSPS) is 15.7. The highest BCUT2D eigenvalue weighted by Gasteiger charge is 2.18. The molecule has 5 nitrogen and oxygen atoms in total. The van der Waals surface area contributed by atoms with E-state index in [0.717, 1.165) is 24.9 Å². The van der Waals surface area contributed by atoms with Gasteiger partial charge in [0.2, 0.25) is 0 Å². The molecule has 3 rings (SSSR count). The first kappa shape index (κ1) is 14.8. The zero-order valence-corrected chi connectivity index (χ0v) is 13.0. The third kappa shape index (κ3) is 3.35. The van der Waals surface area contributed by atoms with Crippen molar-refractivity contribution in [3.63, 3.8) is 0 Å². The fraction of sp³-hybridized carbons (Fsp3) is 0.471. The number of nitrogens with one attached hydrogen (secondary N) is 1. The summed E-state index contributed by atoms with van der Waals surface area (Å²) in [6.45, 7) is 2.12. The molecule has 0 spiro atoms. The minimum absolute atomic E-state index is 0.122. The molecule has 116 valence electrons. The first-order valence-corrected chi connectivity index (χ1v) is 8.09. The lowest BCUT2D eigenvalue weighted by Gasteiger charge is -2.22. The van der Waals surface area contributed by atoms with E-state index in [1.54, 1.807) is 10.9 Å². The van der Waals surface area contributed by atoms with Crippen LogP contribution in [0.2, 0.25) is 0 Å². The number of benzene rings is 1. The van der Waals surface area contributed by atoms with E-state index in [1.807, 2.05) is 12.1 Å². The second-order valence-corrected chi connectivity index (χ2v) is 5.88. The van der Waals surface area contributed by atoms with Gasteiger partial charge in [0.25, 0.3) is 5.91 Å². The standard InChI is InChI=1S/C17H22N4O/c1-2-13-8-10-15(11-9-13)21-12-16(19-20-21)17(22)18-14-6-4-3-5-7-14/h8-12,14H,2-7H2,1H3,(H,18,22). The SMILES string of the molecule is CCc1ccc(-n2cc(C(=O)NC3CCCCC3)nn2)cc1. The molecular weight excluding hydrogens is 276 g/mol. The summed E-state index contributed by atoms with van der Waals surface area (Å²) in [5.74, 6) is -0.122. The highest BCUT2D eigenvalue weighted by Crippen LogP contribution is 2.17. The number of nitrogens with zero attached hydrogens (tertiary/aromatic N) is 3. The highest BCUT2D eigenvalue weighted by molar-refractivity contribution is 5.92. The Hall–Kier alpha value is -2.17. The van der Waals surface area contributed by atoms with Crippen LogP contribution in [0.15, 0.2) is 30.5 Å². The number of rotatable bonds is 4. The molecule has 1 aromatic carbocycles. The second-order valence-electron chi connectivity index (χ2n) is 5.88. The third-order valence-electron chi connectivity index (χ3n) is 4.28. The summed E-state index contributed by atoms with van der Waals surface area (Å²) in [5, 5.41) is 11.1. The Morgan fingerprint density at radius 3 is 2.64 bits per heavy atom. The monoisotopic (exact) mass is 298 g/mol. The van der Waals surface area contributed by atoms with Crippen molar-refractivity contribution in [2.45, 2.75) is 51.5 Å². The van der Waals surface area contributed by atoms with Crippen molar-refractivity contribution < 1.29 is 4.79 Å². The van der Waals surface area contributed by atoms with Crippen molar-refractivity contribution in [3.05, 3.63) is 41.7 Å². The molecule has 0 atom stereocenters. The van der Waals surface area contributed by atoms with Gasteiger partial charge in [-0.05, 0) is 37.0 Å². The highest BCUT2D eigenvalue weighted by atomic mass is 16.2. The molecule has 1 aliphatic carbocycles. The molecule has 1 saturated carbocycles. The molecule has 1 heterocycles. The zero-order chi connectivity index (χ0) is 15.4. The number of hydrogen-bond acceptors (Lipinski definition) is 3. The Bertz CT molecular complexity index is 626. The molecule has 1 N–H and O–H groups in total. The molecule has 2 aromatic rings. The van der Waals surface area contributed by atoms with E-state index in [2.05, 4.69) is 34.7 Å². The summed E-state index contributed by atoms with van der Waals surface area (Å²) in [5.41, 5.74) is 2.57. The fourth-order valence-electron chi connectivity index (χ4n) is 2.88. The minimum atomic E-state index is -0.122. The van der Waals surface area contributed by atoms with Gasteiger partial charge in [0.05, 0.1) is 11.9 Å². The van der Waals surface area contributed by atoms with Gasteiger partial charge in [0, 0.05) is 6.04 Å². The van der Waals surface area contributed by atoms with Gasteiger partial charge in [-0.25, -0.2) is 4.68 Å². The average Bonchev–Trinajstić information content (AvgIpc) is 3.06. The third-order valence-corrected chi connectivity index (χ3v) is 4.28. The zero-order valence-electron chi connectivity index (χ0n) is 13.0. The maximum Gasteiger partial charge on any atom is 0.273 e. The van der Waals surface area contributed by atoms with E-state index < -0.39 is 0 Å². The number of carbonyl (C=O) groups is 1. The molecule has 0 unspecified atom stereocenters. The number of hydrogen-bond donors (Lipinski definition) is 1. The molecule has 1 aromatic heterocycles. The molecule has 22 heavy (non-hydrogen) atoms. The van der Waals surface area contributed by atoms with Crippen molar-refractivity contribution in [2.24, 2.45) is 0 Å². The van der Waals surface area contributed by atoms with Crippen LogP contribution >= 0.6 is 0 Å². The van der Waals surface area contributed by atoms with Gasteiger partial charge in [0.1, 0.15) is 0 Å². The van der Waals surface area contributed by atoms with Gasteiger partial charge in [-0.3, -0.25) is 4.79 Å². The van der Waals surface area contributed by atoms with Gasteiger partial charge in [-0.1, -0.05) is 43.5 Å². The molecule has 0 radical (unpaired) electrons. The van der Waals surface area contributed by atoms with Crippen LogP contribution in [0.1, 0.15) is 55.1 Å². The van der Waals surface area contributed by atoms with E-state index in [1.165, 1.54) is 24.8 Å². The van der Waals surface area contributed by atoms with Crippen molar-refractivity contribution >= 4 is 5.91 Å². The van der Waals surface area contributed by atoms with E-state index in [9.17, 15) is 4.79 Å². The number of amides is 1. The van der Waals surface area contributed by atoms with Crippen LogP contribution < -0.4 is 5.32 Å². The fourth-order valence-corrected chi connectivity index (χ4v) is 2.88. The van der Waals surface area contributed by atoms with E-state index in [-0.39, 0.29) is 11.9 Å². The Kier molecular flexibility index (Phi) is 4.51. The number of aryl methyl sites for hydroxylation is 1. The van der Waals surface area contributed by atoms with Crippen molar-refractivity contribution in [1.82, 2.24) is 20.3 Å². The van der Waals surface area contributed by atoms with Crippen LogP contribution in [0.3, 0.4) is 0 Å². The summed E-state index contributed by atoms with van der Waals surface area (Å²) < 4.78 is 1.65. The van der Waals surface area contributed by atoms with Gasteiger partial charge in [-0.15, -0.1) is 5.10 Å². The largest absolute Gasteiger partial charge is 0.348 e. The molecule has 1 fully saturated rings. The Morgan fingerprint density at radius 2 is 1.95 bits per heavy atom. The average molecular weight is 298 g/mol. The van der Waals surface area contributed by atoms with Crippen LogP contribution in [-0.4, -0.2) is 26.9 Å². The number of aromatic nitrogens is 3. The van der Waals surface area contributed by atoms with Gasteiger partial charge in [0.15, 0.2) is 5.69 Å². The predicted molar refractivity (Wildman–Crippen MR) is 85.1 cm³/mol. The molecular formula is C17H22N4O. The predicted octanol–water partition coefficient (Wildman–Crippen LogP) is 2.89. The second kappa shape index (κ2) is 6.73. The summed E-state index contributed by atoms with van der Waals surface area (Å²) >= 11 is 0. The first-order valence-electron chi connectivity index (χ1n) is 8.09. The van der Waals surface area contributed by atoms with Gasteiger partial charge in [-0.2, -0.15) is 0 Å². The molecule has 5 heteroatoms. The first-order chi connectivity index (χ1) is 10.8. The smallest absolute Gasteiger partial charge is 0.273 e. The van der Waals surface area contributed by atoms with E-state index >= 15 is 0 Å². The van der Waals surface area contributed by atoms with Crippen LogP contribution in [0.4, 0.5) is 0 Å². The van der Waals surface area contributed by atoms with Crippen molar-refractivity contribution in [3.8, 4) is 5.69 Å². The lowest BCUT2D eigenvalue weighted by molar-refractivity contribution is 0.0922. The summed E-state index contributed by atoms with van der Waals surface area (Å²) in [6.07, 6.45) is 8.50. The summed E-state index contributed by atoms with van der Waals surface area (Å²) in [6, 6.07) is 8.42. The molecule has 0 aliphatic heterocycles. The molecule has 1 amide bonds. The molecule has 0 bridgehead atoms. The maximum atomic E-state index is 12.2. The maximum absolute atomic E-state index is 12.2. The Balaban J connectivity index is 1.68. The van der Waals surface area contributed by atoms with Crippen LogP contribution in [0.25, 0.3) is 5.69 Å². The minimum Gasteiger partial charge on any atom is -0.348 e. The van der Waals surface area contributed by atoms with Crippen molar-refractivity contribution in [2.75, 3.05) is 0 Å². The molecule has 1 aliphatic rings. The van der Waals surface area contributed by atoms with Gasteiger partial charge >= 0.3 is 0 Å². The van der Waals surface area contributed by atoms with Gasteiger partial charge < -0.3 is 5.32 Å². The van der Waals surface area contributed by atoms with Crippen LogP contribution in [0.5, 0.6) is 0 Å². The molecule has 0 saturated heterocycles. The van der Waals surface area contributed by atoms with Crippen LogP contribution in [0, 0.1) is 0 Å². The Labute approximate surface area is 130 Å². The van der Waals surface area contributed by atoms with E-state index in [4.69, 9.17) is 0 Å². The lowest BCUT2D eigenvalue weighted by Crippen LogP contribution is -2.36. The number of carbonyl (C=O) groups excluding carboxylic acids is 1. The quantitative estimate of drug-likeness (QED) is 0.944.